The Morgan fingerprint density at radius 1 is 1.09 bits per heavy atom. The lowest BCUT2D eigenvalue weighted by atomic mass is 9.77. The molecule has 3 amide bonds. The average Bonchev–Trinajstić information content (AvgIpc) is 3.36. The molecule has 1 aromatic heterocycles. The highest BCUT2D eigenvalue weighted by atomic mass is 16.5. The number of piperazine rings is 1. The first-order chi connectivity index (χ1) is 15.9. The minimum Gasteiger partial charge on any atom is -0.338 e. The van der Waals surface area contributed by atoms with Gasteiger partial charge in [-0.3, -0.25) is 14.6 Å². The number of rotatable bonds is 5. The number of urea groups is 1. The summed E-state index contributed by atoms with van der Waals surface area (Å²) in [6.07, 6.45) is 3.47. The predicted molar refractivity (Wildman–Crippen MR) is 122 cm³/mol. The van der Waals surface area contributed by atoms with Crippen molar-refractivity contribution in [3.05, 3.63) is 35.7 Å². The molecule has 3 aliphatic rings. The van der Waals surface area contributed by atoms with E-state index in [0.717, 1.165) is 63.0 Å². The van der Waals surface area contributed by atoms with Crippen molar-refractivity contribution in [3.8, 4) is 11.4 Å². The zero-order valence-electron chi connectivity index (χ0n) is 19.4. The molecule has 1 aliphatic carbocycles. The Hall–Kier alpha value is -2.78. The second-order valence-electron chi connectivity index (χ2n) is 9.79. The fraction of sp³-hybridized carbons (Fsp3) is 0.583. The third kappa shape index (κ3) is 4.39. The monoisotopic (exact) mass is 452 g/mol. The number of amides is 3. The number of nitrogens with one attached hydrogen (secondary N) is 1. The third-order valence-corrected chi connectivity index (χ3v) is 7.39. The van der Waals surface area contributed by atoms with Gasteiger partial charge in [0.15, 0.2) is 0 Å². The van der Waals surface area contributed by atoms with Crippen molar-refractivity contribution >= 4 is 11.9 Å². The first kappa shape index (κ1) is 22.0. The molecule has 3 fully saturated rings. The van der Waals surface area contributed by atoms with Gasteiger partial charge in [-0.1, -0.05) is 36.3 Å². The lowest BCUT2D eigenvalue weighted by Gasteiger charge is -2.36. The van der Waals surface area contributed by atoms with Gasteiger partial charge in [0, 0.05) is 31.7 Å². The molecule has 0 unspecified atom stereocenters. The van der Waals surface area contributed by atoms with Crippen molar-refractivity contribution < 1.29 is 14.1 Å². The lowest BCUT2D eigenvalue weighted by molar-refractivity contribution is -0.134. The van der Waals surface area contributed by atoms with E-state index < -0.39 is 5.54 Å². The summed E-state index contributed by atoms with van der Waals surface area (Å²) >= 11 is 0. The zero-order chi connectivity index (χ0) is 23.0. The molecule has 5 rings (SSSR count). The second kappa shape index (κ2) is 8.87. The molecule has 176 valence electrons. The summed E-state index contributed by atoms with van der Waals surface area (Å²) in [5, 5.41) is 7.16. The molecule has 2 aliphatic heterocycles. The van der Waals surface area contributed by atoms with Gasteiger partial charge in [-0.2, -0.15) is 4.98 Å². The Labute approximate surface area is 194 Å². The van der Waals surface area contributed by atoms with Gasteiger partial charge in [0.2, 0.25) is 11.7 Å². The number of aromatic nitrogens is 2. The Kier molecular flexibility index (Phi) is 5.92. The zero-order valence-corrected chi connectivity index (χ0v) is 19.4. The molecule has 1 N–H and O–H groups in total. The van der Waals surface area contributed by atoms with E-state index in [1.807, 2.05) is 31.2 Å². The van der Waals surface area contributed by atoms with Gasteiger partial charge in [0.05, 0.1) is 13.2 Å². The Bertz CT molecular complexity index is 1020. The summed E-state index contributed by atoms with van der Waals surface area (Å²) in [6, 6.07) is 7.75. The van der Waals surface area contributed by atoms with Crippen LogP contribution in [0.1, 0.15) is 44.1 Å². The number of benzene rings is 1. The molecule has 1 saturated carbocycles. The van der Waals surface area contributed by atoms with Gasteiger partial charge in [0.1, 0.15) is 5.54 Å². The van der Waals surface area contributed by atoms with Crippen LogP contribution in [0.15, 0.2) is 28.8 Å². The Balaban J connectivity index is 1.13. The van der Waals surface area contributed by atoms with E-state index >= 15 is 0 Å². The number of hydrogen-bond donors (Lipinski definition) is 1. The summed E-state index contributed by atoms with van der Waals surface area (Å²) in [4.78, 5) is 36.1. The van der Waals surface area contributed by atoms with Crippen molar-refractivity contribution in [2.24, 2.45) is 5.92 Å². The van der Waals surface area contributed by atoms with Crippen molar-refractivity contribution in [2.45, 2.75) is 51.6 Å². The maximum absolute atomic E-state index is 13.1. The van der Waals surface area contributed by atoms with Crippen molar-refractivity contribution in [3.63, 3.8) is 0 Å². The van der Waals surface area contributed by atoms with Crippen LogP contribution in [-0.4, -0.2) is 75.2 Å². The highest BCUT2D eigenvalue weighted by Crippen LogP contribution is 2.36. The van der Waals surface area contributed by atoms with Crippen LogP contribution >= 0.6 is 0 Å². The first-order valence-corrected chi connectivity index (χ1v) is 11.9. The molecule has 33 heavy (non-hydrogen) atoms. The number of imide groups is 1. The molecule has 2 aromatic rings. The molecule has 9 heteroatoms. The van der Waals surface area contributed by atoms with E-state index in [-0.39, 0.29) is 11.9 Å². The number of carbonyl (C=O) groups is 2. The van der Waals surface area contributed by atoms with Gasteiger partial charge in [0.25, 0.3) is 5.91 Å². The minimum absolute atomic E-state index is 0.0450. The molecular weight excluding hydrogens is 420 g/mol. The van der Waals surface area contributed by atoms with E-state index in [9.17, 15) is 9.59 Å². The minimum atomic E-state index is -0.668. The predicted octanol–water partition coefficient (Wildman–Crippen LogP) is 2.62. The van der Waals surface area contributed by atoms with Gasteiger partial charge in [-0.05, 0) is 44.1 Å². The largest absolute Gasteiger partial charge is 0.338 e. The maximum atomic E-state index is 13.1. The summed E-state index contributed by atoms with van der Waals surface area (Å²) in [5.41, 5.74) is 1.43. The topological polar surface area (TPSA) is 94.8 Å². The van der Waals surface area contributed by atoms with Crippen LogP contribution < -0.4 is 5.32 Å². The highest BCUT2D eigenvalue weighted by Gasteiger charge is 2.52. The number of aryl methyl sites for hydroxylation is 1. The summed E-state index contributed by atoms with van der Waals surface area (Å²) < 4.78 is 5.49. The maximum Gasteiger partial charge on any atom is 0.326 e. The molecule has 2 saturated heterocycles. The van der Waals surface area contributed by atoms with E-state index in [1.54, 1.807) is 0 Å². The molecule has 0 atom stereocenters. The van der Waals surface area contributed by atoms with E-state index in [0.29, 0.717) is 30.8 Å². The van der Waals surface area contributed by atoms with Crippen LogP contribution in [0.25, 0.3) is 11.4 Å². The molecule has 9 nitrogen and oxygen atoms in total. The summed E-state index contributed by atoms with van der Waals surface area (Å²) in [5.74, 6) is 1.79. The fourth-order valence-corrected chi connectivity index (χ4v) is 5.13. The van der Waals surface area contributed by atoms with Crippen molar-refractivity contribution in [1.82, 2.24) is 30.2 Å². The third-order valence-electron chi connectivity index (χ3n) is 7.39. The standard InChI is InChI=1S/C24H32N6O3/c1-17-7-9-24(10-8-17)22(31)30(23(32)26-24)16-29-13-11-28(12-14-29)15-20-25-21(27-33-20)19-6-4-3-5-18(19)2/h3-6,17H,7-16H2,1-2H3,(H,26,32). The summed E-state index contributed by atoms with van der Waals surface area (Å²) in [6.45, 7) is 8.38. The normalized spacial score (nSPS) is 26.8. The number of hydrogen-bond acceptors (Lipinski definition) is 7. The smallest absolute Gasteiger partial charge is 0.326 e. The van der Waals surface area contributed by atoms with Crippen LogP contribution in [0.4, 0.5) is 4.79 Å². The van der Waals surface area contributed by atoms with Crippen LogP contribution in [0.5, 0.6) is 0 Å². The molecule has 0 radical (unpaired) electrons. The molecule has 3 heterocycles. The van der Waals surface area contributed by atoms with E-state index in [1.165, 1.54) is 4.90 Å². The van der Waals surface area contributed by atoms with Crippen molar-refractivity contribution in [1.29, 1.82) is 0 Å². The highest BCUT2D eigenvalue weighted by molar-refractivity contribution is 6.07. The lowest BCUT2D eigenvalue weighted by Crippen LogP contribution is -2.52. The Morgan fingerprint density at radius 2 is 1.79 bits per heavy atom. The van der Waals surface area contributed by atoms with Gasteiger partial charge >= 0.3 is 6.03 Å². The number of nitrogens with zero attached hydrogens (tertiary/aromatic N) is 5. The SMILES string of the molecule is Cc1ccccc1-c1noc(CN2CCN(CN3C(=O)NC4(CCC(C)CC4)C3=O)CC2)n1. The van der Waals surface area contributed by atoms with Gasteiger partial charge in [-0.15, -0.1) is 0 Å². The first-order valence-electron chi connectivity index (χ1n) is 11.9. The van der Waals surface area contributed by atoms with Crippen LogP contribution in [0.2, 0.25) is 0 Å². The molecular formula is C24H32N6O3. The molecule has 1 aromatic carbocycles. The second-order valence-corrected chi connectivity index (χ2v) is 9.79. The average molecular weight is 453 g/mol. The van der Waals surface area contributed by atoms with E-state index in [2.05, 4.69) is 32.2 Å². The molecule has 0 bridgehead atoms. The van der Waals surface area contributed by atoms with Gasteiger partial charge in [-0.25, -0.2) is 9.69 Å². The van der Waals surface area contributed by atoms with Gasteiger partial charge < -0.3 is 9.84 Å². The van der Waals surface area contributed by atoms with Crippen LogP contribution in [0.3, 0.4) is 0 Å². The summed E-state index contributed by atoms with van der Waals surface area (Å²) in [7, 11) is 0. The quantitative estimate of drug-likeness (QED) is 0.697. The van der Waals surface area contributed by atoms with Crippen LogP contribution in [0, 0.1) is 12.8 Å². The number of carbonyl (C=O) groups excluding carboxylic acids is 2. The van der Waals surface area contributed by atoms with Crippen molar-refractivity contribution in [2.75, 3.05) is 32.8 Å². The van der Waals surface area contributed by atoms with E-state index in [4.69, 9.17) is 4.52 Å². The Morgan fingerprint density at radius 3 is 2.52 bits per heavy atom. The molecule has 1 spiro atoms. The van der Waals surface area contributed by atoms with Crippen LogP contribution in [-0.2, 0) is 11.3 Å². The fourth-order valence-electron chi connectivity index (χ4n) is 5.13.